The number of aryl methyl sites for hydroxylation is 2. The Labute approximate surface area is 109 Å². The Balaban J connectivity index is 3.30. The van der Waals surface area contributed by atoms with Crippen LogP contribution in [0.5, 0.6) is 0 Å². The first kappa shape index (κ1) is 15.2. The van der Waals surface area contributed by atoms with Crippen molar-refractivity contribution in [1.82, 2.24) is 0 Å². The molecule has 0 heterocycles. The minimum atomic E-state index is -1.52. The number of benzene rings is 1. The summed E-state index contributed by atoms with van der Waals surface area (Å²) in [7, 11) is -3.04. The lowest BCUT2D eigenvalue weighted by atomic mass is 9.68. The van der Waals surface area contributed by atoms with Crippen molar-refractivity contribution in [2.24, 2.45) is 0 Å². The van der Waals surface area contributed by atoms with Crippen molar-refractivity contribution in [3.05, 3.63) is 23.3 Å². The first-order chi connectivity index (χ1) is 8.51. The zero-order chi connectivity index (χ0) is 13.7. The third kappa shape index (κ3) is 3.59. The Bertz CT molecular complexity index is 356. The molecule has 4 nitrogen and oxygen atoms in total. The van der Waals surface area contributed by atoms with Crippen LogP contribution in [0.4, 0.5) is 0 Å². The lowest BCUT2D eigenvalue weighted by Gasteiger charge is -2.15. The second-order valence-corrected chi connectivity index (χ2v) is 4.50. The fourth-order valence-electron chi connectivity index (χ4n) is 2.18. The van der Waals surface area contributed by atoms with E-state index in [1.807, 2.05) is 13.8 Å². The summed E-state index contributed by atoms with van der Waals surface area (Å²) >= 11 is 0. The van der Waals surface area contributed by atoms with E-state index in [9.17, 15) is 20.1 Å². The van der Waals surface area contributed by atoms with Gasteiger partial charge in [0, 0.05) is 0 Å². The average molecular weight is 250 g/mol. The Morgan fingerprint density at radius 3 is 1.33 bits per heavy atom. The van der Waals surface area contributed by atoms with Gasteiger partial charge in [0.2, 0.25) is 0 Å². The summed E-state index contributed by atoms with van der Waals surface area (Å²) in [6.45, 7) is 3.98. The van der Waals surface area contributed by atoms with E-state index in [1.165, 1.54) is 0 Å². The molecule has 4 N–H and O–H groups in total. The molecule has 0 saturated carbocycles. The summed E-state index contributed by atoms with van der Waals surface area (Å²) in [5.41, 5.74) is 2.44. The fourth-order valence-corrected chi connectivity index (χ4v) is 2.18. The topological polar surface area (TPSA) is 80.9 Å². The molecule has 0 aliphatic rings. The maximum absolute atomic E-state index is 9.38. The highest BCUT2D eigenvalue weighted by atomic mass is 16.4. The van der Waals surface area contributed by atoms with Crippen LogP contribution in [0, 0.1) is 0 Å². The Hall–Kier alpha value is -0.810. The zero-order valence-corrected chi connectivity index (χ0v) is 10.9. The summed E-state index contributed by atoms with van der Waals surface area (Å²) < 4.78 is 0. The van der Waals surface area contributed by atoms with Gasteiger partial charge in [0.05, 0.1) is 0 Å². The SMILES string of the molecule is CCCc1cc(B(O)O)c(CCC)cc1B(O)O. The van der Waals surface area contributed by atoms with E-state index in [4.69, 9.17) is 0 Å². The minimum Gasteiger partial charge on any atom is -0.423 e. The van der Waals surface area contributed by atoms with Gasteiger partial charge >= 0.3 is 14.2 Å². The van der Waals surface area contributed by atoms with E-state index in [2.05, 4.69) is 0 Å². The molecule has 98 valence electrons. The standard InChI is InChI=1S/C12H20B2O4/c1-3-5-9-7-12(14(17)18)10(6-4-2)8-11(9)13(15)16/h7-8,15-18H,3-6H2,1-2H3. The van der Waals surface area contributed by atoms with Crippen molar-refractivity contribution in [2.45, 2.75) is 39.5 Å². The van der Waals surface area contributed by atoms with Gasteiger partial charge in [0.1, 0.15) is 0 Å². The van der Waals surface area contributed by atoms with Crippen molar-refractivity contribution in [3.63, 3.8) is 0 Å². The van der Waals surface area contributed by atoms with Crippen molar-refractivity contribution in [3.8, 4) is 0 Å². The van der Waals surface area contributed by atoms with Gasteiger partial charge in [-0.2, -0.15) is 0 Å². The van der Waals surface area contributed by atoms with Gasteiger partial charge in [-0.25, -0.2) is 0 Å². The maximum atomic E-state index is 9.38. The van der Waals surface area contributed by atoms with E-state index < -0.39 is 14.2 Å². The minimum absolute atomic E-state index is 0.463. The summed E-state index contributed by atoms with van der Waals surface area (Å²) in [5.74, 6) is 0. The molecule has 0 aromatic heterocycles. The fraction of sp³-hybridized carbons (Fsp3) is 0.500. The summed E-state index contributed by atoms with van der Waals surface area (Å²) in [6, 6.07) is 3.35. The van der Waals surface area contributed by atoms with Crippen molar-refractivity contribution in [2.75, 3.05) is 0 Å². The third-order valence-corrected chi connectivity index (χ3v) is 3.00. The van der Waals surface area contributed by atoms with Crippen LogP contribution in [-0.2, 0) is 12.8 Å². The predicted octanol–water partition coefficient (Wildman–Crippen LogP) is -1.05. The Morgan fingerprint density at radius 2 is 1.11 bits per heavy atom. The molecule has 0 saturated heterocycles. The second-order valence-electron chi connectivity index (χ2n) is 4.50. The summed E-state index contributed by atoms with van der Waals surface area (Å²) in [6.07, 6.45) is 3.07. The van der Waals surface area contributed by atoms with Gasteiger partial charge in [0.15, 0.2) is 0 Å². The van der Waals surface area contributed by atoms with E-state index in [1.54, 1.807) is 12.1 Å². The van der Waals surface area contributed by atoms with Gasteiger partial charge < -0.3 is 20.1 Å². The zero-order valence-electron chi connectivity index (χ0n) is 10.9. The van der Waals surface area contributed by atoms with Crippen LogP contribution >= 0.6 is 0 Å². The van der Waals surface area contributed by atoms with Crippen LogP contribution in [0.3, 0.4) is 0 Å². The first-order valence-corrected chi connectivity index (χ1v) is 6.39. The van der Waals surface area contributed by atoms with Crippen LogP contribution in [0.1, 0.15) is 37.8 Å². The van der Waals surface area contributed by atoms with Gasteiger partial charge in [-0.1, -0.05) is 38.8 Å². The molecule has 0 unspecified atom stereocenters. The molecular weight excluding hydrogens is 230 g/mol. The van der Waals surface area contributed by atoms with Crippen LogP contribution < -0.4 is 10.9 Å². The van der Waals surface area contributed by atoms with E-state index in [0.29, 0.717) is 23.8 Å². The lowest BCUT2D eigenvalue weighted by Crippen LogP contribution is -2.40. The highest BCUT2D eigenvalue weighted by Gasteiger charge is 2.22. The van der Waals surface area contributed by atoms with Gasteiger partial charge in [-0.05, 0) is 34.9 Å². The molecule has 1 aromatic rings. The molecule has 0 aliphatic carbocycles. The molecule has 6 heteroatoms. The second kappa shape index (κ2) is 6.95. The molecule has 18 heavy (non-hydrogen) atoms. The smallest absolute Gasteiger partial charge is 0.423 e. The van der Waals surface area contributed by atoms with E-state index >= 15 is 0 Å². The lowest BCUT2D eigenvalue weighted by molar-refractivity contribution is 0.422. The number of hydrogen-bond donors (Lipinski definition) is 4. The van der Waals surface area contributed by atoms with Crippen LogP contribution in [0.15, 0.2) is 12.1 Å². The van der Waals surface area contributed by atoms with Crippen LogP contribution in [0.2, 0.25) is 0 Å². The van der Waals surface area contributed by atoms with Gasteiger partial charge in [-0.15, -0.1) is 0 Å². The predicted molar refractivity (Wildman–Crippen MR) is 74.1 cm³/mol. The molecule has 0 radical (unpaired) electrons. The Kier molecular flexibility index (Phi) is 5.88. The average Bonchev–Trinajstić information content (AvgIpc) is 2.30. The van der Waals surface area contributed by atoms with Gasteiger partial charge in [-0.3, -0.25) is 0 Å². The van der Waals surface area contributed by atoms with E-state index in [0.717, 1.165) is 24.0 Å². The van der Waals surface area contributed by atoms with Crippen molar-refractivity contribution < 1.29 is 20.1 Å². The Morgan fingerprint density at radius 1 is 0.778 bits per heavy atom. The number of rotatable bonds is 6. The maximum Gasteiger partial charge on any atom is 0.488 e. The van der Waals surface area contributed by atoms with Crippen molar-refractivity contribution >= 4 is 25.2 Å². The first-order valence-electron chi connectivity index (χ1n) is 6.39. The molecule has 0 bridgehead atoms. The quantitative estimate of drug-likeness (QED) is 0.485. The third-order valence-electron chi connectivity index (χ3n) is 3.00. The van der Waals surface area contributed by atoms with E-state index in [-0.39, 0.29) is 0 Å². The molecule has 0 spiro atoms. The molecule has 1 aromatic carbocycles. The molecule has 0 aliphatic heterocycles. The van der Waals surface area contributed by atoms with Gasteiger partial charge in [0.25, 0.3) is 0 Å². The largest absolute Gasteiger partial charge is 0.488 e. The normalized spacial score (nSPS) is 10.6. The van der Waals surface area contributed by atoms with Crippen molar-refractivity contribution in [1.29, 1.82) is 0 Å². The summed E-state index contributed by atoms with van der Waals surface area (Å²) in [5, 5.41) is 37.5. The molecular formula is C12H20B2O4. The van der Waals surface area contributed by atoms with Crippen LogP contribution in [0.25, 0.3) is 0 Å². The molecule has 0 amide bonds. The van der Waals surface area contributed by atoms with Crippen LogP contribution in [-0.4, -0.2) is 34.3 Å². The highest BCUT2D eigenvalue weighted by Crippen LogP contribution is 2.07. The molecule has 0 atom stereocenters. The number of hydrogen-bond acceptors (Lipinski definition) is 4. The summed E-state index contributed by atoms with van der Waals surface area (Å²) in [4.78, 5) is 0. The monoisotopic (exact) mass is 250 g/mol. The molecule has 1 rings (SSSR count). The molecule has 0 fully saturated rings. The highest BCUT2D eigenvalue weighted by molar-refractivity contribution is 6.61.